The van der Waals surface area contributed by atoms with Gasteiger partial charge in [-0.25, -0.2) is 4.39 Å². The Hall–Kier alpha value is -1.74. The fourth-order valence-corrected chi connectivity index (χ4v) is 1.95. The molecular weight excluding hydrogens is 279 g/mol. The number of hydrogen-bond acceptors (Lipinski definition) is 2. The van der Waals surface area contributed by atoms with Gasteiger partial charge in [0.2, 0.25) is 0 Å². The fourth-order valence-electron chi connectivity index (χ4n) is 1.74. The number of hydrogen-bond donors (Lipinski definition) is 0. The van der Waals surface area contributed by atoms with Gasteiger partial charge < -0.3 is 9.47 Å². The van der Waals surface area contributed by atoms with Gasteiger partial charge in [0.1, 0.15) is 17.3 Å². The molecule has 2 aromatic rings. The van der Waals surface area contributed by atoms with Crippen molar-refractivity contribution in [3.05, 3.63) is 59.9 Å². The molecule has 0 atom stereocenters. The van der Waals surface area contributed by atoms with E-state index in [4.69, 9.17) is 21.1 Å². The van der Waals surface area contributed by atoms with Gasteiger partial charge in [0, 0.05) is 12.0 Å². The van der Waals surface area contributed by atoms with E-state index in [1.54, 1.807) is 6.07 Å². The molecule has 2 nitrogen and oxygen atoms in total. The van der Waals surface area contributed by atoms with E-state index in [-0.39, 0.29) is 11.7 Å². The smallest absolute Gasteiger partial charge is 0.123 e. The molecule has 20 heavy (non-hydrogen) atoms. The van der Waals surface area contributed by atoms with Gasteiger partial charge >= 0.3 is 0 Å². The quantitative estimate of drug-likeness (QED) is 0.556. The first kappa shape index (κ1) is 14.7. The summed E-state index contributed by atoms with van der Waals surface area (Å²) in [4.78, 5) is 0. The molecule has 0 N–H and O–H groups in total. The largest absolute Gasteiger partial charge is 0.493 e. The topological polar surface area (TPSA) is 18.5 Å². The van der Waals surface area contributed by atoms with E-state index in [1.807, 2.05) is 30.3 Å². The molecule has 0 amide bonds. The molecule has 2 aromatic carbocycles. The Bertz CT molecular complexity index is 531. The summed E-state index contributed by atoms with van der Waals surface area (Å²) in [5, 5.41) is 0. The van der Waals surface area contributed by atoms with Crippen LogP contribution >= 0.6 is 11.6 Å². The summed E-state index contributed by atoms with van der Waals surface area (Å²) in [5.74, 6) is 1.39. The second kappa shape index (κ2) is 7.75. The highest BCUT2D eigenvalue weighted by Gasteiger charge is 2.04. The predicted molar refractivity (Wildman–Crippen MR) is 78.0 cm³/mol. The molecule has 0 unspecified atom stereocenters. The van der Waals surface area contributed by atoms with Gasteiger partial charge in [-0.05, 0) is 30.3 Å². The number of rotatable bonds is 7. The first-order valence-electron chi connectivity index (χ1n) is 6.44. The number of alkyl halides is 1. The van der Waals surface area contributed by atoms with Gasteiger partial charge in [-0.1, -0.05) is 18.2 Å². The van der Waals surface area contributed by atoms with E-state index in [1.165, 1.54) is 12.1 Å². The Balaban J connectivity index is 1.73. The average molecular weight is 295 g/mol. The van der Waals surface area contributed by atoms with Crippen LogP contribution in [0.5, 0.6) is 11.5 Å². The third kappa shape index (κ3) is 4.42. The molecule has 2 rings (SSSR count). The molecule has 106 valence electrons. The third-order valence-electron chi connectivity index (χ3n) is 2.72. The summed E-state index contributed by atoms with van der Waals surface area (Å²) in [6.07, 6.45) is 0.744. The van der Waals surface area contributed by atoms with Gasteiger partial charge in [0.25, 0.3) is 0 Å². The van der Waals surface area contributed by atoms with E-state index in [0.717, 1.165) is 12.2 Å². The van der Waals surface area contributed by atoms with Crippen LogP contribution in [0.25, 0.3) is 0 Å². The second-order valence-corrected chi connectivity index (χ2v) is 4.52. The molecule has 0 fully saturated rings. The van der Waals surface area contributed by atoms with E-state index < -0.39 is 0 Å². The van der Waals surface area contributed by atoms with E-state index in [2.05, 4.69) is 0 Å². The van der Waals surface area contributed by atoms with Crippen molar-refractivity contribution in [1.29, 1.82) is 0 Å². The molecule has 0 aromatic heterocycles. The minimum atomic E-state index is -0.305. The van der Waals surface area contributed by atoms with Crippen molar-refractivity contribution < 1.29 is 13.9 Å². The zero-order valence-corrected chi connectivity index (χ0v) is 11.8. The summed E-state index contributed by atoms with van der Waals surface area (Å²) in [7, 11) is 0. The zero-order chi connectivity index (χ0) is 14.2. The van der Waals surface area contributed by atoms with E-state index in [9.17, 15) is 4.39 Å². The number of benzene rings is 2. The summed E-state index contributed by atoms with van der Waals surface area (Å²) in [6.45, 7) is 1.07. The molecule has 0 aliphatic rings. The third-order valence-corrected chi connectivity index (χ3v) is 3.01. The Morgan fingerprint density at radius 2 is 1.70 bits per heavy atom. The van der Waals surface area contributed by atoms with Crippen LogP contribution in [0.3, 0.4) is 0 Å². The molecule has 4 heteroatoms. The Kier molecular flexibility index (Phi) is 5.69. The minimum Gasteiger partial charge on any atom is -0.493 e. The van der Waals surface area contributed by atoms with Crippen molar-refractivity contribution in [3.8, 4) is 11.5 Å². The van der Waals surface area contributed by atoms with Gasteiger partial charge in [0.05, 0.1) is 19.1 Å². The highest BCUT2D eigenvalue weighted by Crippen LogP contribution is 2.21. The van der Waals surface area contributed by atoms with Gasteiger partial charge in [0.15, 0.2) is 0 Å². The Labute approximate surface area is 123 Å². The lowest BCUT2D eigenvalue weighted by atomic mass is 10.2. The lowest BCUT2D eigenvalue weighted by Crippen LogP contribution is -2.06. The molecule has 0 spiro atoms. The summed E-state index contributed by atoms with van der Waals surface area (Å²) in [6, 6.07) is 14.0. The van der Waals surface area contributed by atoms with E-state index in [0.29, 0.717) is 24.5 Å². The molecular formula is C16H16ClFO2. The van der Waals surface area contributed by atoms with Crippen LogP contribution in [-0.4, -0.2) is 13.2 Å². The number of para-hydroxylation sites is 1. The first-order valence-corrected chi connectivity index (χ1v) is 6.98. The lowest BCUT2D eigenvalue weighted by Gasteiger charge is -2.10. The fraction of sp³-hybridized carbons (Fsp3) is 0.250. The molecule has 0 saturated heterocycles. The standard InChI is InChI=1S/C16H16ClFO2/c17-12-13-11-14(18)7-8-16(13)20-10-4-9-19-15-5-2-1-3-6-15/h1-3,5-8,11H,4,9-10,12H2. The second-order valence-electron chi connectivity index (χ2n) is 4.25. The normalized spacial score (nSPS) is 10.3. The maximum absolute atomic E-state index is 13.0. The summed E-state index contributed by atoms with van der Waals surface area (Å²) >= 11 is 5.75. The maximum atomic E-state index is 13.0. The van der Waals surface area contributed by atoms with Gasteiger partial charge in [-0.15, -0.1) is 11.6 Å². The minimum absolute atomic E-state index is 0.230. The van der Waals surface area contributed by atoms with Crippen LogP contribution in [0.15, 0.2) is 48.5 Å². The van der Waals surface area contributed by atoms with Crippen LogP contribution in [0.2, 0.25) is 0 Å². The molecule has 0 bridgehead atoms. The van der Waals surface area contributed by atoms with Crippen molar-refractivity contribution in [2.75, 3.05) is 13.2 Å². The lowest BCUT2D eigenvalue weighted by molar-refractivity contribution is 0.246. The van der Waals surface area contributed by atoms with Crippen molar-refractivity contribution in [2.24, 2.45) is 0 Å². The number of ether oxygens (including phenoxy) is 2. The molecule has 0 heterocycles. The van der Waals surface area contributed by atoms with Crippen LogP contribution in [0.1, 0.15) is 12.0 Å². The first-order chi connectivity index (χ1) is 9.79. The number of halogens is 2. The highest BCUT2D eigenvalue weighted by atomic mass is 35.5. The molecule has 0 aliphatic carbocycles. The van der Waals surface area contributed by atoms with Crippen LogP contribution in [0.4, 0.5) is 4.39 Å². The molecule has 0 saturated carbocycles. The van der Waals surface area contributed by atoms with Crippen molar-refractivity contribution >= 4 is 11.6 Å². The summed E-state index contributed by atoms with van der Waals surface area (Å²) in [5.41, 5.74) is 0.663. The monoisotopic (exact) mass is 294 g/mol. The van der Waals surface area contributed by atoms with Crippen LogP contribution in [-0.2, 0) is 5.88 Å². The SMILES string of the molecule is Fc1ccc(OCCCOc2ccccc2)c(CCl)c1. The Morgan fingerprint density at radius 1 is 0.950 bits per heavy atom. The summed E-state index contributed by atoms with van der Waals surface area (Å²) < 4.78 is 24.2. The van der Waals surface area contributed by atoms with Crippen molar-refractivity contribution in [1.82, 2.24) is 0 Å². The van der Waals surface area contributed by atoms with Gasteiger partial charge in [-0.2, -0.15) is 0 Å². The predicted octanol–water partition coefficient (Wildman–Crippen LogP) is 4.41. The van der Waals surface area contributed by atoms with Gasteiger partial charge in [-0.3, -0.25) is 0 Å². The maximum Gasteiger partial charge on any atom is 0.123 e. The van der Waals surface area contributed by atoms with E-state index >= 15 is 0 Å². The average Bonchev–Trinajstić information content (AvgIpc) is 2.49. The zero-order valence-electron chi connectivity index (χ0n) is 11.0. The molecule has 0 radical (unpaired) electrons. The van der Waals surface area contributed by atoms with Crippen LogP contribution in [0, 0.1) is 5.82 Å². The van der Waals surface area contributed by atoms with Crippen LogP contribution < -0.4 is 9.47 Å². The Morgan fingerprint density at radius 3 is 2.45 bits per heavy atom. The molecule has 0 aliphatic heterocycles. The highest BCUT2D eigenvalue weighted by molar-refractivity contribution is 6.17. The van der Waals surface area contributed by atoms with Crippen molar-refractivity contribution in [2.45, 2.75) is 12.3 Å². The van der Waals surface area contributed by atoms with Crippen molar-refractivity contribution in [3.63, 3.8) is 0 Å².